The van der Waals surface area contributed by atoms with Gasteiger partial charge >= 0.3 is 0 Å². The summed E-state index contributed by atoms with van der Waals surface area (Å²) in [6.45, 7) is 4.50. The van der Waals surface area contributed by atoms with Gasteiger partial charge in [0.1, 0.15) is 5.75 Å². The maximum atomic E-state index is 12.0. The Morgan fingerprint density at radius 3 is 2.71 bits per heavy atom. The predicted octanol–water partition coefficient (Wildman–Crippen LogP) is 1.56. The number of rotatable bonds is 6. The van der Waals surface area contributed by atoms with Gasteiger partial charge in [0.05, 0.1) is 0 Å². The van der Waals surface area contributed by atoms with E-state index in [1.165, 1.54) is 0 Å². The number of hydrogen-bond acceptors (Lipinski definition) is 4. The lowest BCUT2D eigenvalue weighted by Crippen LogP contribution is -2.13. The quantitative estimate of drug-likeness (QED) is 0.600. The van der Waals surface area contributed by atoms with E-state index < -0.39 is 0 Å². The van der Waals surface area contributed by atoms with Gasteiger partial charge in [-0.25, -0.2) is 0 Å². The van der Waals surface area contributed by atoms with Gasteiger partial charge in [-0.15, -0.1) is 0 Å². The third kappa shape index (κ3) is 3.39. The van der Waals surface area contributed by atoms with Gasteiger partial charge in [0.25, 0.3) is 6.47 Å². The van der Waals surface area contributed by atoms with Crippen LogP contribution in [0, 0.1) is 5.92 Å². The van der Waals surface area contributed by atoms with Crippen LogP contribution < -0.4 is 10.5 Å². The molecule has 0 amide bonds. The molecular weight excluding hydrogens is 218 g/mol. The van der Waals surface area contributed by atoms with E-state index in [0.29, 0.717) is 30.8 Å². The topological polar surface area (TPSA) is 69.4 Å². The standard InChI is InChI=1S/C13H17NO3/c1-9(2)13(16)12-7-11(17-8-15)4-3-10(12)5-6-14/h3-4,7-9H,5-6,14H2,1-2H3. The molecular formula is C13H17NO3. The number of hydrogen-bond donors (Lipinski definition) is 1. The summed E-state index contributed by atoms with van der Waals surface area (Å²) < 4.78 is 4.75. The summed E-state index contributed by atoms with van der Waals surface area (Å²) in [5.74, 6) is 0.313. The smallest absolute Gasteiger partial charge is 0.298 e. The third-order valence-electron chi connectivity index (χ3n) is 2.47. The number of nitrogens with two attached hydrogens (primary N) is 1. The van der Waals surface area contributed by atoms with Gasteiger partial charge in [0, 0.05) is 11.5 Å². The van der Waals surface area contributed by atoms with Crippen molar-refractivity contribution in [3.05, 3.63) is 29.3 Å². The lowest BCUT2D eigenvalue weighted by molar-refractivity contribution is -0.120. The highest BCUT2D eigenvalue weighted by Crippen LogP contribution is 2.21. The number of Topliss-reactive ketones (excluding diaryl/α,β-unsaturated/α-hetero) is 1. The molecule has 1 aromatic rings. The van der Waals surface area contributed by atoms with Crippen LogP contribution in [0.2, 0.25) is 0 Å². The first kappa shape index (κ1) is 13.4. The zero-order chi connectivity index (χ0) is 12.8. The SMILES string of the molecule is CC(C)C(=O)c1cc(OC=O)ccc1CCN. The normalized spacial score (nSPS) is 10.4. The molecule has 0 spiro atoms. The van der Waals surface area contributed by atoms with Crippen LogP contribution in [0.3, 0.4) is 0 Å². The first-order valence-electron chi connectivity index (χ1n) is 5.57. The highest BCUT2D eigenvalue weighted by molar-refractivity contribution is 5.99. The van der Waals surface area contributed by atoms with Gasteiger partial charge in [-0.05, 0) is 30.7 Å². The molecule has 0 fully saturated rings. The second-order valence-corrected chi connectivity index (χ2v) is 4.09. The molecule has 2 N–H and O–H groups in total. The molecule has 0 aromatic heterocycles. The summed E-state index contributed by atoms with van der Waals surface area (Å²) in [5, 5.41) is 0. The van der Waals surface area contributed by atoms with E-state index in [2.05, 4.69) is 0 Å². The van der Waals surface area contributed by atoms with E-state index in [9.17, 15) is 9.59 Å². The van der Waals surface area contributed by atoms with Gasteiger partial charge in [-0.2, -0.15) is 0 Å². The number of ether oxygens (including phenoxy) is 1. The van der Waals surface area contributed by atoms with E-state index in [-0.39, 0.29) is 11.7 Å². The van der Waals surface area contributed by atoms with Crippen molar-refractivity contribution in [2.45, 2.75) is 20.3 Å². The van der Waals surface area contributed by atoms with Gasteiger partial charge in [0.15, 0.2) is 5.78 Å². The van der Waals surface area contributed by atoms with Crippen molar-refractivity contribution < 1.29 is 14.3 Å². The van der Waals surface area contributed by atoms with Crippen molar-refractivity contribution in [1.29, 1.82) is 0 Å². The molecule has 0 unspecified atom stereocenters. The van der Waals surface area contributed by atoms with Gasteiger partial charge in [-0.3, -0.25) is 9.59 Å². The molecule has 0 saturated heterocycles. The molecule has 92 valence electrons. The van der Waals surface area contributed by atoms with Crippen LogP contribution in [0.5, 0.6) is 5.75 Å². The summed E-state index contributed by atoms with van der Waals surface area (Å²) in [6, 6.07) is 5.04. The van der Waals surface area contributed by atoms with Crippen LogP contribution in [0.1, 0.15) is 29.8 Å². The van der Waals surface area contributed by atoms with Crippen LogP contribution in [0.25, 0.3) is 0 Å². The Bertz CT molecular complexity index is 413. The van der Waals surface area contributed by atoms with E-state index in [1.54, 1.807) is 18.2 Å². The second-order valence-electron chi connectivity index (χ2n) is 4.09. The molecule has 1 aromatic carbocycles. The maximum absolute atomic E-state index is 12.0. The molecule has 0 aliphatic heterocycles. The van der Waals surface area contributed by atoms with E-state index in [0.717, 1.165) is 5.56 Å². The fourth-order valence-electron chi connectivity index (χ4n) is 1.60. The molecule has 4 nitrogen and oxygen atoms in total. The Morgan fingerprint density at radius 2 is 2.18 bits per heavy atom. The predicted molar refractivity (Wildman–Crippen MR) is 65.1 cm³/mol. The molecule has 0 saturated carbocycles. The summed E-state index contributed by atoms with van der Waals surface area (Å²) in [7, 11) is 0. The van der Waals surface area contributed by atoms with E-state index in [1.807, 2.05) is 13.8 Å². The first-order chi connectivity index (χ1) is 8.10. The molecule has 4 heteroatoms. The Labute approximate surface area is 101 Å². The lowest BCUT2D eigenvalue weighted by Gasteiger charge is -2.11. The molecule has 0 aliphatic carbocycles. The minimum Gasteiger partial charge on any atom is -0.429 e. The lowest BCUT2D eigenvalue weighted by atomic mass is 9.94. The average molecular weight is 235 g/mol. The minimum atomic E-state index is -0.0991. The number of carbonyl (C=O) groups excluding carboxylic acids is 2. The monoisotopic (exact) mass is 235 g/mol. The van der Waals surface area contributed by atoms with Crippen LogP contribution in [-0.4, -0.2) is 18.8 Å². The maximum Gasteiger partial charge on any atom is 0.298 e. The Kier molecular flexibility index (Phi) is 4.84. The van der Waals surface area contributed by atoms with Crippen molar-refractivity contribution in [3.63, 3.8) is 0 Å². The Hall–Kier alpha value is -1.68. The van der Waals surface area contributed by atoms with Crippen molar-refractivity contribution in [2.75, 3.05) is 6.54 Å². The van der Waals surface area contributed by atoms with E-state index in [4.69, 9.17) is 10.5 Å². The zero-order valence-corrected chi connectivity index (χ0v) is 10.1. The summed E-state index contributed by atoms with van der Waals surface area (Å²) in [4.78, 5) is 22.3. The van der Waals surface area contributed by atoms with Gasteiger partial charge < -0.3 is 10.5 Å². The molecule has 0 aliphatic rings. The minimum absolute atomic E-state index is 0.0322. The fraction of sp³-hybridized carbons (Fsp3) is 0.385. The van der Waals surface area contributed by atoms with E-state index >= 15 is 0 Å². The number of benzene rings is 1. The molecule has 17 heavy (non-hydrogen) atoms. The third-order valence-corrected chi connectivity index (χ3v) is 2.47. The molecule has 0 atom stereocenters. The Morgan fingerprint density at radius 1 is 1.47 bits per heavy atom. The summed E-state index contributed by atoms with van der Waals surface area (Å²) in [6.07, 6.45) is 0.634. The van der Waals surface area contributed by atoms with Crippen LogP contribution >= 0.6 is 0 Å². The Balaban J connectivity index is 3.14. The van der Waals surface area contributed by atoms with Crippen molar-refractivity contribution in [3.8, 4) is 5.75 Å². The fourth-order valence-corrected chi connectivity index (χ4v) is 1.60. The van der Waals surface area contributed by atoms with Gasteiger partial charge in [0.2, 0.25) is 0 Å². The summed E-state index contributed by atoms with van der Waals surface area (Å²) >= 11 is 0. The highest BCUT2D eigenvalue weighted by Gasteiger charge is 2.15. The number of ketones is 1. The number of carbonyl (C=O) groups is 2. The average Bonchev–Trinajstić information content (AvgIpc) is 2.30. The molecule has 1 rings (SSSR count). The first-order valence-corrected chi connectivity index (χ1v) is 5.57. The summed E-state index contributed by atoms with van der Waals surface area (Å²) in [5.41, 5.74) is 6.98. The van der Waals surface area contributed by atoms with Crippen LogP contribution in [0.4, 0.5) is 0 Å². The van der Waals surface area contributed by atoms with Crippen LogP contribution in [-0.2, 0) is 11.2 Å². The van der Waals surface area contributed by atoms with Gasteiger partial charge in [-0.1, -0.05) is 19.9 Å². The second kappa shape index (κ2) is 6.15. The molecule has 0 radical (unpaired) electrons. The van der Waals surface area contributed by atoms with Crippen molar-refractivity contribution >= 4 is 12.3 Å². The van der Waals surface area contributed by atoms with Crippen LogP contribution in [0.15, 0.2) is 18.2 Å². The largest absolute Gasteiger partial charge is 0.429 e. The molecule has 0 bridgehead atoms. The van der Waals surface area contributed by atoms with Crippen molar-refractivity contribution in [1.82, 2.24) is 0 Å². The van der Waals surface area contributed by atoms with Crippen molar-refractivity contribution in [2.24, 2.45) is 11.7 Å². The highest BCUT2D eigenvalue weighted by atomic mass is 16.5. The molecule has 0 heterocycles. The zero-order valence-electron chi connectivity index (χ0n) is 10.1.